The lowest BCUT2D eigenvalue weighted by molar-refractivity contribution is 0.0520. The first kappa shape index (κ1) is 16.3. The van der Waals surface area contributed by atoms with Crippen molar-refractivity contribution >= 4 is 39.7 Å². The van der Waals surface area contributed by atoms with Gasteiger partial charge >= 0.3 is 5.97 Å². The normalized spacial score (nSPS) is 10.6. The molecule has 1 N–H and O–H groups in total. The van der Waals surface area contributed by atoms with Crippen LogP contribution < -0.4 is 5.32 Å². The summed E-state index contributed by atoms with van der Waals surface area (Å²) in [7, 11) is 0. The maximum absolute atomic E-state index is 12.4. The van der Waals surface area contributed by atoms with Crippen LogP contribution in [0.15, 0.2) is 28.2 Å². The molecule has 124 valence electrons. The quantitative estimate of drug-likeness (QED) is 0.696. The first-order valence-corrected chi connectivity index (χ1v) is 8.73. The van der Waals surface area contributed by atoms with Crippen LogP contribution in [0, 0.1) is 6.92 Å². The number of esters is 1. The van der Waals surface area contributed by atoms with Crippen LogP contribution in [0.2, 0.25) is 0 Å². The van der Waals surface area contributed by atoms with Crippen molar-refractivity contribution in [1.29, 1.82) is 0 Å². The molecule has 24 heavy (non-hydrogen) atoms. The van der Waals surface area contributed by atoms with Gasteiger partial charge in [-0.3, -0.25) is 10.1 Å². The van der Waals surface area contributed by atoms with Gasteiger partial charge in [0.15, 0.2) is 21.6 Å². The highest BCUT2D eigenvalue weighted by molar-refractivity contribution is 7.15. The Labute approximate surface area is 145 Å². The molecule has 0 aliphatic rings. The fourth-order valence-electron chi connectivity index (χ4n) is 1.90. The Kier molecular flexibility index (Phi) is 4.72. The second-order valence-electron chi connectivity index (χ2n) is 4.61. The summed E-state index contributed by atoms with van der Waals surface area (Å²) in [6.07, 6.45) is 1.55. The average Bonchev–Trinajstić information content (AvgIpc) is 3.26. The number of thiazole rings is 2. The minimum Gasteiger partial charge on any atom is -0.462 e. The maximum Gasteiger partial charge on any atom is 0.357 e. The molecule has 9 heteroatoms. The number of carbonyl (C=O) groups excluding carboxylic acids is 2. The van der Waals surface area contributed by atoms with Gasteiger partial charge in [0.05, 0.1) is 12.9 Å². The molecule has 0 spiro atoms. The van der Waals surface area contributed by atoms with Gasteiger partial charge in [0.2, 0.25) is 0 Å². The average molecular weight is 363 g/mol. The van der Waals surface area contributed by atoms with Crippen LogP contribution in [0.25, 0.3) is 10.8 Å². The van der Waals surface area contributed by atoms with E-state index in [4.69, 9.17) is 9.15 Å². The van der Waals surface area contributed by atoms with E-state index in [1.807, 2.05) is 6.92 Å². The largest absolute Gasteiger partial charge is 0.462 e. The van der Waals surface area contributed by atoms with E-state index < -0.39 is 5.97 Å². The van der Waals surface area contributed by atoms with Crippen LogP contribution in [0.5, 0.6) is 0 Å². The second kappa shape index (κ2) is 6.93. The summed E-state index contributed by atoms with van der Waals surface area (Å²) >= 11 is 2.52. The zero-order valence-electron chi connectivity index (χ0n) is 12.9. The van der Waals surface area contributed by atoms with Gasteiger partial charge < -0.3 is 9.15 Å². The molecule has 3 aromatic rings. The number of hydrogen-bond donors (Lipinski definition) is 1. The van der Waals surface area contributed by atoms with E-state index in [-0.39, 0.29) is 18.2 Å². The van der Waals surface area contributed by atoms with Crippen molar-refractivity contribution in [3.05, 3.63) is 40.0 Å². The summed E-state index contributed by atoms with van der Waals surface area (Å²) in [5.41, 5.74) is 0.475. The Morgan fingerprint density at radius 2 is 2.21 bits per heavy atom. The van der Waals surface area contributed by atoms with Gasteiger partial charge in [-0.15, -0.1) is 22.7 Å². The number of ether oxygens (including phenoxy) is 1. The van der Waals surface area contributed by atoms with E-state index in [0.29, 0.717) is 21.6 Å². The van der Waals surface area contributed by atoms with Crippen molar-refractivity contribution in [2.24, 2.45) is 0 Å². The van der Waals surface area contributed by atoms with Crippen molar-refractivity contribution in [1.82, 2.24) is 9.97 Å². The van der Waals surface area contributed by atoms with Gasteiger partial charge in [0.1, 0.15) is 5.69 Å². The molecule has 0 radical (unpaired) electrons. The lowest BCUT2D eigenvalue weighted by Crippen LogP contribution is -2.14. The molecule has 0 atom stereocenters. The van der Waals surface area contributed by atoms with Crippen LogP contribution in [0.4, 0.5) is 5.13 Å². The number of furan rings is 1. The monoisotopic (exact) mass is 363 g/mol. The van der Waals surface area contributed by atoms with Crippen molar-refractivity contribution < 1.29 is 18.7 Å². The summed E-state index contributed by atoms with van der Waals surface area (Å²) < 4.78 is 10.2. The Morgan fingerprint density at radius 3 is 2.92 bits per heavy atom. The molecule has 0 unspecified atom stereocenters. The van der Waals surface area contributed by atoms with Crippen molar-refractivity contribution in [2.75, 3.05) is 11.9 Å². The number of carbonyl (C=O) groups is 2. The number of aryl methyl sites for hydroxylation is 1. The standard InChI is InChI=1S/C15H13N3O4S2/c1-3-21-14(20)9-7-23-15(16-9)18-12(19)11-8(2)24-13(17-11)10-5-4-6-22-10/h4-7H,3H2,1-2H3,(H,16,18,19). The molecule has 0 bridgehead atoms. The fourth-order valence-corrected chi connectivity index (χ4v) is 3.45. The van der Waals surface area contributed by atoms with Gasteiger partial charge in [0, 0.05) is 10.3 Å². The summed E-state index contributed by atoms with van der Waals surface area (Å²) in [6, 6.07) is 3.55. The summed E-state index contributed by atoms with van der Waals surface area (Å²) in [6.45, 7) is 3.80. The van der Waals surface area contributed by atoms with E-state index >= 15 is 0 Å². The van der Waals surface area contributed by atoms with Gasteiger partial charge in [0.25, 0.3) is 5.91 Å². The Bertz CT molecular complexity index is 867. The number of hydrogen-bond acceptors (Lipinski definition) is 8. The number of nitrogens with one attached hydrogen (secondary N) is 1. The molecule has 0 saturated carbocycles. The van der Waals surface area contributed by atoms with Gasteiger partial charge in [-0.05, 0) is 26.0 Å². The zero-order valence-corrected chi connectivity index (χ0v) is 14.5. The second-order valence-corrected chi connectivity index (χ2v) is 6.67. The van der Waals surface area contributed by atoms with Crippen LogP contribution in [0.1, 0.15) is 32.8 Å². The highest BCUT2D eigenvalue weighted by Gasteiger charge is 2.19. The highest BCUT2D eigenvalue weighted by Crippen LogP contribution is 2.28. The van der Waals surface area contributed by atoms with Crippen molar-refractivity contribution in [2.45, 2.75) is 13.8 Å². The SMILES string of the molecule is CCOC(=O)c1csc(NC(=O)c2nc(-c3ccco3)sc2C)n1. The number of aromatic nitrogens is 2. The van der Waals surface area contributed by atoms with Gasteiger partial charge in [-0.1, -0.05) is 0 Å². The molecule has 0 aliphatic carbocycles. The van der Waals surface area contributed by atoms with E-state index in [1.165, 1.54) is 16.7 Å². The van der Waals surface area contributed by atoms with Crippen LogP contribution in [-0.2, 0) is 4.74 Å². The molecular formula is C15H13N3O4S2. The van der Waals surface area contributed by atoms with Crippen LogP contribution in [0.3, 0.4) is 0 Å². The summed E-state index contributed by atoms with van der Waals surface area (Å²) in [5.74, 6) is -0.286. The molecule has 0 aliphatic heterocycles. The number of nitrogens with zero attached hydrogens (tertiary/aromatic N) is 2. The third-order valence-corrected chi connectivity index (χ3v) is 4.70. The minimum absolute atomic E-state index is 0.170. The lowest BCUT2D eigenvalue weighted by Gasteiger charge is -1.99. The Hall–Kier alpha value is -2.52. The summed E-state index contributed by atoms with van der Waals surface area (Å²) in [4.78, 5) is 33.1. The van der Waals surface area contributed by atoms with E-state index in [1.54, 1.807) is 25.3 Å². The van der Waals surface area contributed by atoms with E-state index in [9.17, 15) is 9.59 Å². The van der Waals surface area contributed by atoms with Crippen molar-refractivity contribution in [3.63, 3.8) is 0 Å². The van der Waals surface area contributed by atoms with E-state index in [2.05, 4.69) is 15.3 Å². The molecule has 0 saturated heterocycles. The maximum atomic E-state index is 12.4. The Morgan fingerprint density at radius 1 is 1.38 bits per heavy atom. The van der Waals surface area contributed by atoms with Gasteiger partial charge in [-0.2, -0.15) is 0 Å². The van der Waals surface area contributed by atoms with Crippen LogP contribution >= 0.6 is 22.7 Å². The number of rotatable bonds is 5. The topological polar surface area (TPSA) is 94.3 Å². The zero-order chi connectivity index (χ0) is 17.1. The van der Waals surface area contributed by atoms with E-state index in [0.717, 1.165) is 16.2 Å². The number of amides is 1. The van der Waals surface area contributed by atoms with Crippen molar-refractivity contribution in [3.8, 4) is 10.8 Å². The first-order chi connectivity index (χ1) is 11.6. The van der Waals surface area contributed by atoms with Gasteiger partial charge in [-0.25, -0.2) is 14.8 Å². The third-order valence-electron chi connectivity index (χ3n) is 2.95. The predicted octanol–water partition coefficient (Wildman–Crippen LogP) is 3.60. The molecule has 3 rings (SSSR count). The first-order valence-electron chi connectivity index (χ1n) is 7.03. The molecule has 0 fully saturated rings. The van der Waals surface area contributed by atoms with Crippen LogP contribution in [-0.4, -0.2) is 28.5 Å². The summed E-state index contributed by atoms with van der Waals surface area (Å²) in [5, 5.41) is 5.13. The minimum atomic E-state index is -0.515. The smallest absolute Gasteiger partial charge is 0.357 e. The fraction of sp³-hybridized carbons (Fsp3) is 0.200. The lowest BCUT2D eigenvalue weighted by atomic mass is 10.3. The third kappa shape index (κ3) is 3.36. The Balaban J connectivity index is 1.75. The molecule has 0 aromatic carbocycles. The highest BCUT2D eigenvalue weighted by atomic mass is 32.1. The molecular weight excluding hydrogens is 350 g/mol. The molecule has 3 aromatic heterocycles. The molecule has 3 heterocycles. The number of anilines is 1. The predicted molar refractivity (Wildman–Crippen MR) is 90.6 cm³/mol. The molecule has 7 nitrogen and oxygen atoms in total. The molecule has 1 amide bonds.